The Morgan fingerprint density at radius 2 is 1.97 bits per heavy atom. The van der Waals surface area contributed by atoms with Crippen LogP contribution in [0.15, 0.2) is 60.8 Å². The Hall–Kier alpha value is -3.72. The first-order valence-electron chi connectivity index (χ1n) is 11.4. The standard InChI is InChI=1S/C27H26FN3O4S/c1-17-13-20(27(34)35-18(2)14-29-25(33)21-5-4-12-30(3)15-21)8-11-23(17)31-24(32)16-36-26(31)19-6-9-22(28)10-7-19/h4-11,13,15,18,26H,14,16H2,1-3H3,(H,29,33). The van der Waals surface area contributed by atoms with E-state index in [9.17, 15) is 18.8 Å². The topological polar surface area (TPSA) is 79.6 Å². The van der Waals surface area contributed by atoms with Gasteiger partial charge in [0.05, 0.1) is 24.1 Å². The predicted octanol–water partition coefficient (Wildman–Crippen LogP) is 3.51. The number of hydrogen-bond donors (Lipinski definition) is 1. The highest BCUT2D eigenvalue weighted by Gasteiger charge is 2.35. The molecule has 1 N–H and O–H groups in total. The lowest BCUT2D eigenvalue weighted by Crippen LogP contribution is -2.35. The second-order valence-corrected chi connectivity index (χ2v) is 9.63. The summed E-state index contributed by atoms with van der Waals surface area (Å²) in [5.41, 5.74) is 3.08. The Balaban J connectivity index is 1.40. The lowest BCUT2D eigenvalue weighted by atomic mass is 10.1. The number of anilines is 1. The molecule has 2 amide bonds. The first kappa shape index (κ1) is 25.4. The summed E-state index contributed by atoms with van der Waals surface area (Å²) >= 11 is 1.47. The maximum absolute atomic E-state index is 13.4. The van der Waals surface area contributed by atoms with E-state index in [1.54, 1.807) is 72.1 Å². The molecule has 2 aromatic carbocycles. The molecule has 1 saturated heterocycles. The van der Waals surface area contributed by atoms with Crippen molar-refractivity contribution >= 4 is 35.2 Å². The highest BCUT2D eigenvalue weighted by molar-refractivity contribution is 8.00. The van der Waals surface area contributed by atoms with Gasteiger partial charge in [0.2, 0.25) is 11.8 Å². The average molecular weight is 508 g/mol. The molecule has 2 heterocycles. The number of benzene rings is 2. The molecule has 186 valence electrons. The van der Waals surface area contributed by atoms with Gasteiger partial charge < -0.3 is 14.6 Å². The summed E-state index contributed by atoms with van der Waals surface area (Å²) in [6.45, 7) is 3.68. The number of halogens is 1. The van der Waals surface area contributed by atoms with Crippen LogP contribution in [0.2, 0.25) is 0 Å². The summed E-state index contributed by atoms with van der Waals surface area (Å²) in [7, 11) is 1.77. The van der Waals surface area contributed by atoms with E-state index < -0.39 is 12.1 Å². The first-order valence-corrected chi connectivity index (χ1v) is 12.4. The van der Waals surface area contributed by atoms with Crippen molar-refractivity contribution in [3.05, 3.63) is 95.1 Å². The van der Waals surface area contributed by atoms with Crippen LogP contribution in [0.3, 0.4) is 0 Å². The number of aromatic nitrogens is 1. The minimum absolute atomic E-state index is 0.0537. The zero-order valence-electron chi connectivity index (χ0n) is 20.2. The normalized spacial score (nSPS) is 16.1. The molecule has 36 heavy (non-hydrogen) atoms. The maximum Gasteiger partial charge on any atom is 0.338 e. The largest absolute Gasteiger partial charge is 0.457 e. The first-order chi connectivity index (χ1) is 17.2. The molecule has 9 heteroatoms. The van der Waals surface area contributed by atoms with Crippen molar-refractivity contribution in [2.45, 2.75) is 25.3 Å². The van der Waals surface area contributed by atoms with E-state index in [0.717, 1.165) is 11.1 Å². The fourth-order valence-corrected chi connectivity index (χ4v) is 5.08. The lowest BCUT2D eigenvalue weighted by Gasteiger charge is -2.26. The Morgan fingerprint density at radius 3 is 2.67 bits per heavy atom. The molecule has 1 fully saturated rings. The van der Waals surface area contributed by atoms with Gasteiger partial charge in [-0.3, -0.25) is 14.5 Å². The molecule has 7 nitrogen and oxygen atoms in total. The minimum atomic E-state index is -0.551. The third kappa shape index (κ3) is 5.73. The van der Waals surface area contributed by atoms with Crippen LogP contribution in [0.1, 0.15) is 44.1 Å². The van der Waals surface area contributed by atoms with Crippen molar-refractivity contribution in [3.63, 3.8) is 0 Å². The van der Waals surface area contributed by atoms with Crippen LogP contribution < -0.4 is 14.8 Å². The highest BCUT2D eigenvalue weighted by Crippen LogP contribution is 2.42. The predicted molar refractivity (Wildman–Crippen MR) is 134 cm³/mol. The van der Waals surface area contributed by atoms with Crippen molar-refractivity contribution < 1.29 is 28.1 Å². The van der Waals surface area contributed by atoms with Crippen LogP contribution in [0.5, 0.6) is 0 Å². The number of aryl methyl sites for hydroxylation is 2. The van der Waals surface area contributed by atoms with Gasteiger partial charge in [0, 0.05) is 5.69 Å². The number of nitrogens with one attached hydrogen (secondary N) is 1. The van der Waals surface area contributed by atoms with E-state index in [0.29, 0.717) is 22.6 Å². The number of thioether (sulfide) groups is 1. The van der Waals surface area contributed by atoms with Crippen molar-refractivity contribution in [2.75, 3.05) is 17.2 Å². The van der Waals surface area contributed by atoms with E-state index >= 15 is 0 Å². The van der Waals surface area contributed by atoms with Crippen molar-refractivity contribution in [3.8, 4) is 0 Å². The monoisotopic (exact) mass is 507 g/mol. The number of nitrogens with zero attached hydrogens (tertiary/aromatic N) is 2. The number of esters is 1. The van der Waals surface area contributed by atoms with Gasteiger partial charge in [0.1, 0.15) is 30.5 Å². The highest BCUT2D eigenvalue weighted by atomic mass is 32.2. The Labute approximate surface area is 213 Å². The SMILES string of the molecule is Cc1cc(C(=O)OC(C)CNC(=O)c2cc[c-][n+](C)c2)ccc1N1C(=O)CSC1c1ccc(F)cc1. The summed E-state index contributed by atoms with van der Waals surface area (Å²) in [5, 5.41) is 2.48. The molecule has 4 rings (SSSR count). The number of ether oxygens (including phenoxy) is 1. The number of hydrogen-bond acceptors (Lipinski definition) is 5. The van der Waals surface area contributed by atoms with Crippen molar-refractivity contribution in [1.29, 1.82) is 0 Å². The fourth-order valence-electron chi connectivity index (χ4n) is 3.91. The third-order valence-electron chi connectivity index (χ3n) is 5.71. The molecule has 1 aromatic heterocycles. The van der Waals surface area contributed by atoms with Crippen LogP contribution in [-0.4, -0.2) is 36.2 Å². The summed E-state index contributed by atoms with van der Waals surface area (Å²) in [6.07, 6.45) is 4.01. The van der Waals surface area contributed by atoms with Gasteiger partial charge in [0.25, 0.3) is 0 Å². The number of carbonyl (C=O) groups is 3. The zero-order valence-corrected chi connectivity index (χ0v) is 21.0. The van der Waals surface area contributed by atoms with Crippen LogP contribution in [-0.2, 0) is 16.6 Å². The van der Waals surface area contributed by atoms with Crippen LogP contribution >= 0.6 is 11.8 Å². The smallest absolute Gasteiger partial charge is 0.338 e. The molecular weight excluding hydrogens is 481 g/mol. The summed E-state index contributed by atoms with van der Waals surface area (Å²) in [5.74, 6) is -0.869. The van der Waals surface area contributed by atoms with E-state index in [4.69, 9.17) is 4.74 Å². The van der Waals surface area contributed by atoms with Gasteiger partial charge in [-0.1, -0.05) is 12.1 Å². The average Bonchev–Trinajstić information content (AvgIpc) is 3.23. The summed E-state index contributed by atoms with van der Waals surface area (Å²) in [4.78, 5) is 39.4. The quantitative estimate of drug-likeness (QED) is 0.301. The molecule has 1 aliphatic heterocycles. The molecule has 3 aromatic rings. The van der Waals surface area contributed by atoms with Crippen LogP contribution in [0, 0.1) is 18.9 Å². The van der Waals surface area contributed by atoms with E-state index in [-0.39, 0.29) is 29.6 Å². The van der Waals surface area contributed by atoms with Crippen molar-refractivity contribution in [1.82, 2.24) is 5.32 Å². The number of pyridine rings is 1. The number of amides is 2. The Bertz CT molecular complexity index is 1300. The molecule has 1 aliphatic rings. The summed E-state index contributed by atoms with van der Waals surface area (Å²) in [6, 6.07) is 14.4. The van der Waals surface area contributed by atoms with Gasteiger partial charge in [-0.05, 0) is 60.9 Å². The molecule has 0 bridgehead atoms. The van der Waals surface area contributed by atoms with Crippen LogP contribution in [0.25, 0.3) is 0 Å². The third-order valence-corrected chi connectivity index (χ3v) is 6.92. The molecule has 0 aliphatic carbocycles. The lowest BCUT2D eigenvalue weighted by molar-refractivity contribution is -0.675. The van der Waals surface area contributed by atoms with Gasteiger partial charge in [0.15, 0.2) is 0 Å². The second kappa shape index (κ2) is 10.9. The molecule has 0 radical (unpaired) electrons. The molecule has 0 spiro atoms. The van der Waals surface area contributed by atoms with Gasteiger partial charge in [-0.15, -0.1) is 23.9 Å². The van der Waals surface area contributed by atoms with Gasteiger partial charge in [-0.25, -0.2) is 9.18 Å². The van der Waals surface area contributed by atoms with E-state index in [2.05, 4.69) is 11.5 Å². The zero-order chi connectivity index (χ0) is 25.8. The molecule has 2 unspecified atom stereocenters. The number of rotatable bonds is 7. The Morgan fingerprint density at radius 1 is 1.22 bits per heavy atom. The Kier molecular flexibility index (Phi) is 7.69. The minimum Gasteiger partial charge on any atom is -0.457 e. The van der Waals surface area contributed by atoms with Crippen molar-refractivity contribution in [2.24, 2.45) is 7.05 Å². The molecule has 0 saturated carbocycles. The molecular formula is C27H26FN3O4S. The summed E-state index contributed by atoms with van der Waals surface area (Å²) < 4.78 is 20.5. The fraction of sp³-hybridized carbons (Fsp3) is 0.259. The van der Waals surface area contributed by atoms with Gasteiger partial charge in [-0.2, -0.15) is 0 Å². The van der Waals surface area contributed by atoms with Gasteiger partial charge >= 0.3 is 5.97 Å². The maximum atomic E-state index is 13.4. The van der Waals surface area contributed by atoms with E-state index in [1.165, 1.54) is 23.9 Å². The van der Waals surface area contributed by atoms with E-state index in [1.807, 2.05) is 6.92 Å². The number of carbonyl (C=O) groups excluding carboxylic acids is 3. The van der Waals surface area contributed by atoms with Crippen LogP contribution in [0.4, 0.5) is 10.1 Å². The molecule has 2 atom stereocenters. The second-order valence-electron chi connectivity index (χ2n) is 8.56.